The fourth-order valence-electron chi connectivity index (χ4n) is 1.86. The number of amides is 1. The molecule has 20 heavy (non-hydrogen) atoms. The van der Waals surface area contributed by atoms with Crippen LogP contribution in [0.15, 0.2) is 36.4 Å². The summed E-state index contributed by atoms with van der Waals surface area (Å²) in [5.41, 5.74) is 6.47. The number of benzene rings is 1. The summed E-state index contributed by atoms with van der Waals surface area (Å²) in [5.74, 6) is 0.501. The van der Waals surface area contributed by atoms with Gasteiger partial charge in [-0.05, 0) is 31.2 Å². The van der Waals surface area contributed by atoms with Crippen molar-refractivity contribution in [1.29, 1.82) is 0 Å². The maximum Gasteiger partial charge on any atom is 0.221 e. The van der Waals surface area contributed by atoms with Gasteiger partial charge < -0.3 is 15.8 Å². The van der Waals surface area contributed by atoms with Gasteiger partial charge in [0.2, 0.25) is 5.91 Å². The summed E-state index contributed by atoms with van der Waals surface area (Å²) in [6.45, 7) is 3.90. The first-order chi connectivity index (χ1) is 9.60. The molecule has 2 rings (SSSR count). The minimum Gasteiger partial charge on any atom is -0.481 e. The molecule has 4 nitrogen and oxygen atoms in total. The number of para-hydroxylation sites is 2. The van der Waals surface area contributed by atoms with Gasteiger partial charge >= 0.3 is 0 Å². The van der Waals surface area contributed by atoms with Crippen molar-refractivity contribution in [2.75, 3.05) is 11.9 Å². The molecular weight excluding hydrogens is 272 g/mol. The van der Waals surface area contributed by atoms with Gasteiger partial charge in [0, 0.05) is 23.2 Å². The van der Waals surface area contributed by atoms with Gasteiger partial charge in [0.25, 0.3) is 0 Å². The van der Waals surface area contributed by atoms with Crippen LogP contribution in [-0.2, 0) is 4.79 Å². The lowest BCUT2D eigenvalue weighted by Crippen LogP contribution is -2.18. The first kappa shape index (κ1) is 14.6. The van der Waals surface area contributed by atoms with E-state index < -0.39 is 0 Å². The second kappa shape index (κ2) is 6.54. The minimum atomic E-state index is -0.205. The Morgan fingerprint density at radius 3 is 2.70 bits per heavy atom. The normalized spacial score (nSPS) is 11.9. The summed E-state index contributed by atoms with van der Waals surface area (Å²) in [5, 5.41) is 2.76. The van der Waals surface area contributed by atoms with Gasteiger partial charge in [0.05, 0.1) is 5.69 Å². The molecule has 0 bridgehead atoms. The van der Waals surface area contributed by atoms with E-state index in [1.165, 1.54) is 11.8 Å². The molecule has 0 saturated heterocycles. The van der Waals surface area contributed by atoms with E-state index in [1.807, 2.05) is 43.3 Å². The van der Waals surface area contributed by atoms with Crippen LogP contribution in [0.25, 0.3) is 0 Å². The Morgan fingerprint density at radius 1 is 1.35 bits per heavy atom. The average Bonchev–Trinajstić information content (AvgIpc) is 2.83. The number of aryl methyl sites for hydroxylation is 1. The molecule has 1 aromatic carbocycles. The standard InChI is InChI=1S/C15H18N2O2S/c1-10-7-8-15(20-10)14(9-16)19-13-6-4-3-5-12(13)17-11(2)18/h3-8,14H,9,16H2,1-2H3,(H,17,18). The van der Waals surface area contributed by atoms with Crippen LogP contribution in [0.1, 0.15) is 22.8 Å². The van der Waals surface area contributed by atoms with E-state index in [9.17, 15) is 4.79 Å². The molecular formula is C15H18N2O2S. The number of ether oxygens (including phenoxy) is 1. The maximum atomic E-state index is 11.2. The molecule has 0 aliphatic rings. The van der Waals surface area contributed by atoms with Crippen LogP contribution < -0.4 is 15.8 Å². The van der Waals surface area contributed by atoms with Crippen molar-refractivity contribution in [3.63, 3.8) is 0 Å². The zero-order valence-electron chi connectivity index (χ0n) is 11.6. The highest BCUT2D eigenvalue weighted by Crippen LogP contribution is 2.31. The highest BCUT2D eigenvalue weighted by atomic mass is 32.1. The summed E-state index contributed by atoms with van der Waals surface area (Å²) in [7, 11) is 0. The van der Waals surface area contributed by atoms with Gasteiger partial charge in [-0.3, -0.25) is 4.79 Å². The molecule has 0 aliphatic carbocycles. The van der Waals surface area contributed by atoms with Gasteiger partial charge in [-0.1, -0.05) is 12.1 Å². The number of carbonyl (C=O) groups is 1. The number of hydrogen-bond acceptors (Lipinski definition) is 4. The Bertz CT molecular complexity index is 595. The monoisotopic (exact) mass is 290 g/mol. The van der Waals surface area contributed by atoms with E-state index >= 15 is 0 Å². The number of hydrogen-bond donors (Lipinski definition) is 2. The number of carbonyl (C=O) groups excluding carboxylic acids is 1. The molecule has 0 spiro atoms. The Morgan fingerprint density at radius 2 is 2.10 bits per heavy atom. The third-order valence-electron chi connectivity index (χ3n) is 2.76. The van der Waals surface area contributed by atoms with E-state index in [-0.39, 0.29) is 12.0 Å². The van der Waals surface area contributed by atoms with Gasteiger partial charge in [0.1, 0.15) is 11.9 Å². The maximum absolute atomic E-state index is 11.2. The van der Waals surface area contributed by atoms with Crippen LogP contribution in [0.2, 0.25) is 0 Å². The van der Waals surface area contributed by atoms with Crippen molar-refractivity contribution in [2.45, 2.75) is 20.0 Å². The van der Waals surface area contributed by atoms with Crippen molar-refractivity contribution in [1.82, 2.24) is 0 Å². The summed E-state index contributed by atoms with van der Waals surface area (Å²) in [6, 6.07) is 11.4. The first-order valence-corrected chi connectivity index (χ1v) is 7.21. The molecule has 1 amide bonds. The summed E-state index contributed by atoms with van der Waals surface area (Å²) >= 11 is 1.67. The predicted molar refractivity (Wildman–Crippen MR) is 82.2 cm³/mol. The molecule has 0 radical (unpaired) electrons. The van der Waals surface area contributed by atoms with Gasteiger partial charge in [-0.2, -0.15) is 0 Å². The molecule has 1 atom stereocenters. The molecule has 1 unspecified atom stereocenters. The number of nitrogens with one attached hydrogen (secondary N) is 1. The van der Waals surface area contributed by atoms with Crippen LogP contribution in [0.5, 0.6) is 5.75 Å². The van der Waals surface area contributed by atoms with E-state index in [1.54, 1.807) is 11.3 Å². The van der Waals surface area contributed by atoms with E-state index in [4.69, 9.17) is 10.5 Å². The molecule has 1 aromatic heterocycles. The lowest BCUT2D eigenvalue weighted by molar-refractivity contribution is -0.114. The number of rotatable bonds is 5. The second-order valence-electron chi connectivity index (χ2n) is 4.47. The van der Waals surface area contributed by atoms with Crippen LogP contribution in [0, 0.1) is 6.92 Å². The Hall–Kier alpha value is -1.85. The molecule has 5 heteroatoms. The highest BCUT2D eigenvalue weighted by molar-refractivity contribution is 7.12. The van der Waals surface area contributed by atoms with E-state index in [0.29, 0.717) is 18.0 Å². The van der Waals surface area contributed by atoms with Crippen molar-refractivity contribution < 1.29 is 9.53 Å². The van der Waals surface area contributed by atoms with Crippen molar-refractivity contribution in [3.05, 3.63) is 46.2 Å². The molecule has 106 valence electrons. The topological polar surface area (TPSA) is 64.3 Å². The fraction of sp³-hybridized carbons (Fsp3) is 0.267. The first-order valence-electron chi connectivity index (χ1n) is 6.40. The van der Waals surface area contributed by atoms with Gasteiger partial charge in [-0.25, -0.2) is 0 Å². The highest BCUT2D eigenvalue weighted by Gasteiger charge is 2.15. The van der Waals surface area contributed by atoms with Crippen molar-refractivity contribution >= 4 is 22.9 Å². The largest absolute Gasteiger partial charge is 0.481 e. The molecule has 0 aliphatic heterocycles. The minimum absolute atomic E-state index is 0.127. The third-order valence-corrected chi connectivity index (χ3v) is 3.85. The lowest BCUT2D eigenvalue weighted by atomic mass is 10.2. The quantitative estimate of drug-likeness (QED) is 0.889. The van der Waals surface area contributed by atoms with Crippen LogP contribution in [0.3, 0.4) is 0 Å². The zero-order chi connectivity index (χ0) is 14.5. The summed E-state index contributed by atoms with van der Waals surface area (Å²) in [6.07, 6.45) is -0.205. The van der Waals surface area contributed by atoms with Gasteiger partial charge in [-0.15, -0.1) is 11.3 Å². The number of nitrogens with two attached hydrogens (primary N) is 1. The zero-order valence-corrected chi connectivity index (χ0v) is 12.4. The van der Waals surface area contributed by atoms with E-state index in [2.05, 4.69) is 5.32 Å². The molecule has 0 saturated carbocycles. The molecule has 0 fully saturated rings. The summed E-state index contributed by atoms with van der Waals surface area (Å²) < 4.78 is 5.97. The summed E-state index contributed by atoms with van der Waals surface area (Å²) in [4.78, 5) is 13.5. The van der Waals surface area contributed by atoms with Crippen molar-refractivity contribution in [2.24, 2.45) is 5.73 Å². The number of thiophene rings is 1. The Labute approximate surface area is 122 Å². The Kier molecular flexibility index (Phi) is 4.76. The fourth-order valence-corrected chi connectivity index (χ4v) is 2.78. The second-order valence-corrected chi connectivity index (χ2v) is 5.79. The van der Waals surface area contributed by atoms with Crippen LogP contribution in [0.4, 0.5) is 5.69 Å². The molecule has 2 aromatic rings. The van der Waals surface area contributed by atoms with E-state index in [0.717, 1.165) is 4.88 Å². The lowest BCUT2D eigenvalue weighted by Gasteiger charge is -2.18. The molecule has 1 heterocycles. The average molecular weight is 290 g/mol. The van der Waals surface area contributed by atoms with Crippen molar-refractivity contribution in [3.8, 4) is 5.75 Å². The third kappa shape index (κ3) is 3.59. The smallest absolute Gasteiger partial charge is 0.221 e. The Balaban J connectivity index is 2.21. The predicted octanol–water partition coefficient (Wildman–Crippen LogP) is 3.09. The van der Waals surface area contributed by atoms with Gasteiger partial charge in [0.15, 0.2) is 0 Å². The van der Waals surface area contributed by atoms with Crippen LogP contribution >= 0.6 is 11.3 Å². The molecule has 3 N–H and O–H groups in total. The SMILES string of the molecule is CC(=O)Nc1ccccc1OC(CN)c1ccc(C)s1. The van der Waals surface area contributed by atoms with Crippen LogP contribution in [-0.4, -0.2) is 12.5 Å². The number of anilines is 1.